The Kier molecular flexibility index (Phi) is 4.90. The molecular weight excluding hydrogens is 326 g/mol. The van der Waals surface area contributed by atoms with Crippen LogP contribution >= 0.6 is 27.3 Å². The lowest BCUT2D eigenvalue weighted by atomic mass is 10.4. The van der Waals surface area contributed by atoms with E-state index in [0.29, 0.717) is 11.0 Å². The zero-order chi connectivity index (χ0) is 13.8. The number of hydrogen-bond donors (Lipinski definition) is 1. The fourth-order valence-electron chi connectivity index (χ4n) is 1.80. The zero-order valence-electron chi connectivity index (χ0n) is 10.9. The third-order valence-corrected chi connectivity index (χ3v) is 4.36. The largest absolute Gasteiger partial charge is 0.310 e. The van der Waals surface area contributed by atoms with E-state index in [4.69, 9.17) is 0 Å². The van der Waals surface area contributed by atoms with Crippen LogP contribution in [0.3, 0.4) is 0 Å². The van der Waals surface area contributed by atoms with Crippen molar-refractivity contribution in [3.8, 4) is 0 Å². The monoisotopic (exact) mass is 341 g/mol. The Hall–Kier alpha value is -0.980. The Morgan fingerprint density at radius 3 is 2.89 bits per heavy atom. The van der Waals surface area contributed by atoms with Gasteiger partial charge in [0.2, 0.25) is 0 Å². The SMILES string of the molecule is Cc1ccc(CNCCn2c(C)ncc(Br)c2=O)s1. The van der Waals surface area contributed by atoms with Crippen LogP contribution in [0.4, 0.5) is 0 Å². The highest BCUT2D eigenvalue weighted by Crippen LogP contribution is 2.14. The Labute approximate surface area is 124 Å². The molecule has 0 saturated heterocycles. The van der Waals surface area contributed by atoms with Crippen molar-refractivity contribution in [3.05, 3.63) is 48.7 Å². The van der Waals surface area contributed by atoms with Gasteiger partial charge in [-0.3, -0.25) is 9.36 Å². The van der Waals surface area contributed by atoms with Gasteiger partial charge in [-0.1, -0.05) is 0 Å². The molecule has 0 bridgehead atoms. The van der Waals surface area contributed by atoms with Crippen molar-refractivity contribution in [3.63, 3.8) is 0 Å². The molecule has 0 atom stereocenters. The number of halogens is 1. The molecule has 6 heteroatoms. The summed E-state index contributed by atoms with van der Waals surface area (Å²) in [5.74, 6) is 0.738. The summed E-state index contributed by atoms with van der Waals surface area (Å²) in [6, 6.07) is 4.25. The van der Waals surface area contributed by atoms with Crippen LogP contribution in [0.1, 0.15) is 15.6 Å². The van der Waals surface area contributed by atoms with Gasteiger partial charge in [0.15, 0.2) is 0 Å². The molecule has 2 aromatic heterocycles. The number of rotatable bonds is 5. The highest BCUT2D eigenvalue weighted by Gasteiger charge is 2.04. The molecule has 0 fully saturated rings. The molecule has 102 valence electrons. The molecule has 19 heavy (non-hydrogen) atoms. The van der Waals surface area contributed by atoms with Crippen LogP contribution in [-0.4, -0.2) is 16.1 Å². The third-order valence-electron chi connectivity index (χ3n) is 2.81. The van der Waals surface area contributed by atoms with E-state index in [9.17, 15) is 4.79 Å². The minimum atomic E-state index is -0.0266. The van der Waals surface area contributed by atoms with Gasteiger partial charge >= 0.3 is 0 Å². The lowest BCUT2D eigenvalue weighted by Crippen LogP contribution is -2.29. The van der Waals surface area contributed by atoms with Gasteiger partial charge in [0.25, 0.3) is 5.56 Å². The van der Waals surface area contributed by atoms with Crippen molar-refractivity contribution in [2.24, 2.45) is 0 Å². The van der Waals surface area contributed by atoms with E-state index >= 15 is 0 Å². The van der Waals surface area contributed by atoms with Crippen molar-refractivity contribution in [2.45, 2.75) is 26.9 Å². The lowest BCUT2D eigenvalue weighted by Gasteiger charge is -2.09. The van der Waals surface area contributed by atoms with Crippen LogP contribution in [0, 0.1) is 13.8 Å². The van der Waals surface area contributed by atoms with Crippen molar-refractivity contribution in [2.75, 3.05) is 6.54 Å². The predicted octanol–water partition coefficient (Wildman–Crippen LogP) is 2.47. The first-order valence-electron chi connectivity index (χ1n) is 6.06. The summed E-state index contributed by atoms with van der Waals surface area (Å²) < 4.78 is 2.18. The summed E-state index contributed by atoms with van der Waals surface area (Å²) in [4.78, 5) is 18.7. The van der Waals surface area contributed by atoms with Crippen LogP contribution < -0.4 is 10.9 Å². The van der Waals surface area contributed by atoms with Gasteiger partial charge in [-0.05, 0) is 41.9 Å². The molecule has 0 aliphatic carbocycles. The van der Waals surface area contributed by atoms with Crippen molar-refractivity contribution in [1.29, 1.82) is 0 Å². The molecular formula is C13H16BrN3OS. The van der Waals surface area contributed by atoms with E-state index in [1.54, 1.807) is 22.1 Å². The van der Waals surface area contributed by atoms with Gasteiger partial charge in [-0.25, -0.2) is 4.98 Å². The molecule has 2 heterocycles. The van der Waals surface area contributed by atoms with Gasteiger partial charge in [0.1, 0.15) is 10.3 Å². The molecule has 1 N–H and O–H groups in total. The molecule has 0 amide bonds. The minimum Gasteiger partial charge on any atom is -0.310 e. The summed E-state index contributed by atoms with van der Waals surface area (Å²) in [5.41, 5.74) is -0.0266. The summed E-state index contributed by atoms with van der Waals surface area (Å²) in [5, 5.41) is 3.35. The fraction of sp³-hybridized carbons (Fsp3) is 0.385. The Morgan fingerprint density at radius 2 is 2.21 bits per heavy atom. The smallest absolute Gasteiger partial charge is 0.267 e. The van der Waals surface area contributed by atoms with Crippen LogP contribution in [0.15, 0.2) is 27.6 Å². The molecule has 0 saturated carbocycles. The number of aryl methyl sites for hydroxylation is 2. The van der Waals surface area contributed by atoms with Crippen molar-refractivity contribution in [1.82, 2.24) is 14.9 Å². The average Bonchev–Trinajstić information content (AvgIpc) is 2.79. The van der Waals surface area contributed by atoms with Crippen molar-refractivity contribution < 1.29 is 0 Å². The third kappa shape index (κ3) is 3.75. The average molecular weight is 342 g/mol. The molecule has 2 rings (SSSR count). The number of nitrogens with one attached hydrogen (secondary N) is 1. The zero-order valence-corrected chi connectivity index (χ0v) is 13.3. The maximum absolute atomic E-state index is 11.9. The highest BCUT2D eigenvalue weighted by atomic mass is 79.9. The first-order valence-corrected chi connectivity index (χ1v) is 7.67. The first-order chi connectivity index (χ1) is 9.08. The molecule has 0 aliphatic rings. The second-order valence-electron chi connectivity index (χ2n) is 4.30. The number of hydrogen-bond acceptors (Lipinski definition) is 4. The fourth-order valence-corrected chi connectivity index (χ4v) is 2.97. The quantitative estimate of drug-likeness (QED) is 0.850. The van der Waals surface area contributed by atoms with E-state index in [2.05, 4.69) is 45.3 Å². The number of nitrogens with zero attached hydrogens (tertiary/aromatic N) is 2. The Morgan fingerprint density at radius 1 is 1.42 bits per heavy atom. The van der Waals surface area contributed by atoms with Crippen LogP contribution in [0.25, 0.3) is 0 Å². The molecule has 2 aromatic rings. The molecule has 0 aromatic carbocycles. The summed E-state index contributed by atoms with van der Waals surface area (Å²) in [6.45, 7) is 6.16. The van der Waals surface area contributed by atoms with E-state index in [1.165, 1.54) is 9.75 Å². The van der Waals surface area contributed by atoms with E-state index in [0.717, 1.165) is 18.9 Å². The minimum absolute atomic E-state index is 0.0266. The molecule has 0 aliphatic heterocycles. The maximum Gasteiger partial charge on any atom is 0.267 e. The molecule has 4 nitrogen and oxygen atoms in total. The Balaban J connectivity index is 1.89. The van der Waals surface area contributed by atoms with E-state index in [1.807, 2.05) is 6.92 Å². The Bertz CT molecular complexity index is 621. The highest BCUT2D eigenvalue weighted by molar-refractivity contribution is 9.10. The summed E-state index contributed by atoms with van der Waals surface area (Å²) >= 11 is 5.01. The standard InChI is InChI=1S/C13H16BrN3OS/c1-9-3-4-11(19-9)7-15-5-6-17-10(2)16-8-12(14)13(17)18/h3-4,8,15H,5-7H2,1-2H3. The second-order valence-corrected chi connectivity index (χ2v) is 6.53. The van der Waals surface area contributed by atoms with Crippen LogP contribution in [0.5, 0.6) is 0 Å². The van der Waals surface area contributed by atoms with Crippen molar-refractivity contribution >= 4 is 27.3 Å². The van der Waals surface area contributed by atoms with Gasteiger partial charge in [0.05, 0.1) is 0 Å². The number of aromatic nitrogens is 2. The molecule has 0 radical (unpaired) electrons. The molecule has 0 spiro atoms. The van der Waals surface area contributed by atoms with Gasteiger partial charge < -0.3 is 5.32 Å². The van der Waals surface area contributed by atoms with Gasteiger partial charge in [-0.15, -0.1) is 11.3 Å². The lowest BCUT2D eigenvalue weighted by molar-refractivity contribution is 0.566. The van der Waals surface area contributed by atoms with E-state index < -0.39 is 0 Å². The summed E-state index contributed by atoms with van der Waals surface area (Å²) in [7, 11) is 0. The predicted molar refractivity (Wildman–Crippen MR) is 81.7 cm³/mol. The topological polar surface area (TPSA) is 46.9 Å². The number of thiophene rings is 1. The second kappa shape index (κ2) is 6.45. The normalized spacial score (nSPS) is 10.9. The van der Waals surface area contributed by atoms with Crippen LogP contribution in [0.2, 0.25) is 0 Å². The van der Waals surface area contributed by atoms with Gasteiger partial charge in [0, 0.05) is 35.6 Å². The maximum atomic E-state index is 11.9. The van der Waals surface area contributed by atoms with E-state index in [-0.39, 0.29) is 5.56 Å². The summed E-state index contributed by atoms with van der Waals surface area (Å²) in [6.07, 6.45) is 1.55. The molecule has 0 unspecified atom stereocenters. The van der Waals surface area contributed by atoms with Crippen LogP contribution in [-0.2, 0) is 13.1 Å². The first kappa shape index (κ1) is 14.4. The van der Waals surface area contributed by atoms with Gasteiger partial charge in [-0.2, -0.15) is 0 Å².